The Balaban J connectivity index is 2.13. The van der Waals surface area contributed by atoms with E-state index in [-0.39, 0.29) is 0 Å². The van der Waals surface area contributed by atoms with Crippen LogP contribution in [-0.4, -0.2) is 120 Å². The number of aliphatic hydroxyl groups is 9. The number of rotatable bonds is 5. The molecule has 0 radical (unpaired) electrons. The number of aliphatic hydroxyl groups excluding tert-OH is 8. The Bertz CT molecular complexity index is 421. The van der Waals surface area contributed by atoms with Gasteiger partial charge in [-0.2, -0.15) is 0 Å². The standard InChI is InChI=1S/C12H22O12/c13-1-3(15)9-6(17)8(19)11(22-9)24-12(21)10(20)7(18)5(16)4(2-14)23-12/h3-11,13-21H,1-2H2/t3-,4-,5-,6-,7+,8-,9+,10-,11-,12+/m1/s1. The zero-order chi connectivity index (χ0) is 18.2. The lowest BCUT2D eigenvalue weighted by atomic mass is 9.98. The van der Waals surface area contributed by atoms with Crippen molar-refractivity contribution < 1.29 is 60.2 Å². The van der Waals surface area contributed by atoms with Crippen molar-refractivity contribution in [2.45, 2.75) is 61.1 Å². The molecule has 0 aromatic rings. The van der Waals surface area contributed by atoms with Gasteiger partial charge in [-0.05, 0) is 0 Å². The SMILES string of the molecule is OC[C@@H](O)[C@@H]1O[C@H](O[C@@]2(O)O[C@H](CO)[C@@H](O)[C@H](O)[C@H]2O)[C@H](O)[C@H]1O. The van der Waals surface area contributed by atoms with Crippen molar-refractivity contribution in [2.75, 3.05) is 13.2 Å². The van der Waals surface area contributed by atoms with E-state index in [1.807, 2.05) is 0 Å². The molecule has 0 aromatic heterocycles. The van der Waals surface area contributed by atoms with Gasteiger partial charge in [-0.1, -0.05) is 0 Å². The van der Waals surface area contributed by atoms with Gasteiger partial charge in [0.15, 0.2) is 12.4 Å². The van der Waals surface area contributed by atoms with Gasteiger partial charge in [-0.15, -0.1) is 0 Å². The maximum Gasteiger partial charge on any atom is 0.313 e. The molecular weight excluding hydrogens is 336 g/mol. The maximum atomic E-state index is 10.2. The lowest BCUT2D eigenvalue weighted by Gasteiger charge is -2.45. The summed E-state index contributed by atoms with van der Waals surface area (Å²) in [6.07, 6.45) is -15.7. The third-order valence-corrected chi connectivity index (χ3v) is 4.04. The van der Waals surface area contributed by atoms with E-state index in [9.17, 15) is 35.7 Å². The van der Waals surface area contributed by atoms with Gasteiger partial charge in [0.2, 0.25) is 0 Å². The normalized spacial score (nSPS) is 50.9. The molecule has 2 rings (SSSR count). The maximum absolute atomic E-state index is 10.2. The minimum Gasteiger partial charge on any atom is -0.394 e. The molecule has 0 amide bonds. The van der Waals surface area contributed by atoms with Crippen LogP contribution in [0.25, 0.3) is 0 Å². The number of ether oxygens (including phenoxy) is 3. The van der Waals surface area contributed by atoms with Gasteiger partial charge in [0.05, 0.1) is 13.2 Å². The van der Waals surface area contributed by atoms with Crippen LogP contribution in [0.4, 0.5) is 0 Å². The fourth-order valence-corrected chi connectivity index (χ4v) is 2.58. The summed E-state index contributed by atoms with van der Waals surface area (Å²) in [5.41, 5.74) is 0. The highest BCUT2D eigenvalue weighted by atomic mass is 16.9. The Labute approximate surface area is 135 Å². The Morgan fingerprint density at radius 2 is 1.58 bits per heavy atom. The van der Waals surface area contributed by atoms with E-state index >= 15 is 0 Å². The van der Waals surface area contributed by atoms with Crippen molar-refractivity contribution >= 4 is 0 Å². The van der Waals surface area contributed by atoms with Crippen LogP contribution in [0.1, 0.15) is 0 Å². The Morgan fingerprint density at radius 3 is 2.12 bits per heavy atom. The number of hydrogen-bond acceptors (Lipinski definition) is 12. The summed E-state index contributed by atoms with van der Waals surface area (Å²) < 4.78 is 14.7. The van der Waals surface area contributed by atoms with Crippen molar-refractivity contribution in [2.24, 2.45) is 0 Å². The van der Waals surface area contributed by atoms with Gasteiger partial charge >= 0.3 is 5.97 Å². The van der Waals surface area contributed by atoms with Crippen molar-refractivity contribution in [3.8, 4) is 0 Å². The van der Waals surface area contributed by atoms with Crippen LogP contribution in [0.2, 0.25) is 0 Å². The zero-order valence-electron chi connectivity index (χ0n) is 12.4. The molecule has 9 N–H and O–H groups in total. The average molecular weight is 358 g/mol. The van der Waals surface area contributed by atoms with Crippen molar-refractivity contribution in [1.82, 2.24) is 0 Å². The second-order valence-electron chi connectivity index (χ2n) is 5.71. The van der Waals surface area contributed by atoms with E-state index in [1.54, 1.807) is 0 Å². The van der Waals surface area contributed by atoms with E-state index < -0.39 is 74.3 Å². The van der Waals surface area contributed by atoms with Gasteiger partial charge in [0.25, 0.3) is 0 Å². The molecule has 142 valence electrons. The molecule has 12 nitrogen and oxygen atoms in total. The van der Waals surface area contributed by atoms with Crippen LogP contribution in [-0.2, 0) is 14.2 Å². The molecule has 24 heavy (non-hydrogen) atoms. The van der Waals surface area contributed by atoms with Gasteiger partial charge in [0, 0.05) is 0 Å². The molecule has 0 spiro atoms. The summed E-state index contributed by atoms with van der Waals surface area (Å²) >= 11 is 0. The van der Waals surface area contributed by atoms with E-state index in [0.29, 0.717) is 0 Å². The van der Waals surface area contributed by atoms with Gasteiger partial charge in [-0.3, -0.25) is 4.74 Å². The molecule has 0 bridgehead atoms. The second kappa shape index (κ2) is 7.41. The first-order chi connectivity index (χ1) is 11.2. The molecule has 2 aliphatic heterocycles. The Kier molecular flexibility index (Phi) is 6.12. The monoisotopic (exact) mass is 358 g/mol. The molecule has 0 unspecified atom stereocenters. The largest absolute Gasteiger partial charge is 0.394 e. The van der Waals surface area contributed by atoms with Gasteiger partial charge < -0.3 is 55.4 Å². The van der Waals surface area contributed by atoms with Crippen LogP contribution < -0.4 is 0 Å². The van der Waals surface area contributed by atoms with Crippen LogP contribution in [0.3, 0.4) is 0 Å². The van der Waals surface area contributed by atoms with Crippen LogP contribution in [0.15, 0.2) is 0 Å². The smallest absolute Gasteiger partial charge is 0.313 e. The first-order valence-corrected chi connectivity index (χ1v) is 7.19. The lowest BCUT2D eigenvalue weighted by Crippen LogP contribution is -2.67. The second-order valence-corrected chi connectivity index (χ2v) is 5.71. The highest BCUT2D eigenvalue weighted by Crippen LogP contribution is 2.34. The van der Waals surface area contributed by atoms with Crippen molar-refractivity contribution in [3.63, 3.8) is 0 Å². The Hall–Kier alpha value is -0.480. The molecule has 0 saturated carbocycles. The van der Waals surface area contributed by atoms with E-state index in [4.69, 9.17) is 24.4 Å². The molecule has 2 aliphatic rings. The van der Waals surface area contributed by atoms with Crippen LogP contribution in [0, 0.1) is 0 Å². The molecule has 12 heteroatoms. The fourth-order valence-electron chi connectivity index (χ4n) is 2.58. The Morgan fingerprint density at radius 1 is 0.958 bits per heavy atom. The summed E-state index contributed by atoms with van der Waals surface area (Å²) in [6.45, 7) is -1.62. The summed E-state index contributed by atoms with van der Waals surface area (Å²) in [4.78, 5) is 0. The van der Waals surface area contributed by atoms with E-state index in [2.05, 4.69) is 0 Å². The summed E-state index contributed by atoms with van der Waals surface area (Å²) in [5, 5.41) is 86.4. The fraction of sp³-hybridized carbons (Fsp3) is 1.00. The minimum absolute atomic E-state index is 0.790. The molecule has 2 heterocycles. The molecule has 0 aliphatic carbocycles. The molecule has 2 fully saturated rings. The third-order valence-electron chi connectivity index (χ3n) is 4.04. The summed E-state index contributed by atoms with van der Waals surface area (Å²) in [6, 6.07) is 0. The molecular formula is C12H22O12. The van der Waals surface area contributed by atoms with Crippen molar-refractivity contribution in [3.05, 3.63) is 0 Å². The van der Waals surface area contributed by atoms with Gasteiger partial charge in [0.1, 0.15) is 42.7 Å². The highest BCUT2D eigenvalue weighted by molar-refractivity contribution is 4.95. The topological polar surface area (TPSA) is 210 Å². The van der Waals surface area contributed by atoms with Gasteiger partial charge in [-0.25, -0.2) is 0 Å². The van der Waals surface area contributed by atoms with E-state index in [0.717, 1.165) is 0 Å². The van der Waals surface area contributed by atoms with Crippen LogP contribution >= 0.6 is 0 Å². The van der Waals surface area contributed by atoms with E-state index in [1.165, 1.54) is 0 Å². The first kappa shape index (κ1) is 19.8. The average Bonchev–Trinajstić information content (AvgIpc) is 2.84. The molecule has 0 aromatic carbocycles. The third kappa shape index (κ3) is 3.41. The quantitative estimate of drug-likeness (QED) is 0.210. The highest BCUT2D eigenvalue weighted by Gasteiger charge is 2.58. The predicted octanol–water partition coefficient (Wildman–Crippen LogP) is -6.08. The zero-order valence-corrected chi connectivity index (χ0v) is 12.4. The predicted molar refractivity (Wildman–Crippen MR) is 69.8 cm³/mol. The van der Waals surface area contributed by atoms with Crippen molar-refractivity contribution in [1.29, 1.82) is 0 Å². The lowest BCUT2D eigenvalue weighted by molar-refractivity contribution is -0.476. The molecule has 2 saturated heterocycles. The first-order valence-electron chi connectivity index (χ1n) is 7.19. The minimum atomic E-state index is -2.99. The summed E-state index contributed by atoms with van der Waals surface area (Å²) in [5.74, 6) is -2.99. The number of hydrogen-bond donors (Lipinski definition) is 9. The summed E-state index contributed by atoms with van der Waals surface area (Å²) in [7, 11) is 0. The van der Waals surface area contributed by atoms with Crippen LogP contribution in [0.5, 0.6) is 0 Å². The molecule has 10 atom stereocenters.